The molecular weight excluding hydrogens is 360 g/mol. The van der Waals surface area contributed by atoms with Crippen LogP contribution in [0.15, 0.2) is 63.1 Å². The molecule has 1 aromatic heterocycles. The number of nitrogens with zero attached hydrogens (tertiary/aromatic N) is 1. The van der Waals surface area contributed by atoms with Gasteiger partial charge in [0.1, 0.15) is 28.7 Å². The molecular formula is C21H16N2O5. The first kappa shape index (κ1) is 17.5. The summed E-state index contributed by atoms with van der Waals surface area (Å²) in [6, 6.07) is 14.2. The van der Waals surface area contributed by atoms with E-state index in [2.05, 4.69) is 6.07 Å². The van der Waals surface area contributed by atoms with E-state index in [1.807, 2.05) is 0 Å². The number of para-hydroxylation sites is 1. The van der Waals surface area contributed by atoms with Crippen molar-refractivity contribution in [3.63, 3.8) is 0 Å². The molecule has 2 aromatic carbocycles. The van der Waals surface area contributed by atoms with E-state index in [-0.39, 0.29) is 22.8 Å². The first-order valence-corrected chi connectivity index (χ1v) is 8.43. The maximum Gasteiger partial charge on any atom is 0.344 e. The van der Waals surface area contributed by atoms with E-state index in [1.54, 1.807) is 42.5 Å². The zero-order chi connectivity index (χ0) is 19.8. The standard InChI is InChI=1S/C21H16N2O5/c1-25-12-7-11(8-13(9-12)26-2)17-15(10-22)20(23)28-19-14-5-3-4-6-16(14)27-21(24)18(17)19/h3-9,17H,23H2,1-2H3/t17-/m0/s1. The third kappa shape index (κ3) is 2.63. The van der Waals surface area contributed by atoms with E-state index in [9.17, 15) is 10.1 Å². The fourth-order valence-corrected chi connectivity index (χ4v) is 3.40. The maximum atomic E-state index is 12.9. The van der Waals surface area contributed by atoms with Gasteiger partial charge in [-0.3, -0.25) is 0 Å². The van der Waals surface area contributed by atoms with Crippen LogP contribution in [0.3, 0.4) is 0 Å². The first-order valence-electron chi connectivity index (χ1n) is 8.43. The van der Waals surface area contributed by atoms with Crippen LogP contribution in [0.2, 0.25) is 0 Å². The highest BCUT2D eigenvalue weighted by molar-refractivity contribution is 5.86. The molecule has 2 heterocycles. The minimum atomic E-state index is -0.779. The van der Waals surface area contributed by atoms with Gasteiger partial charge in [-0.15, -0.1) is 0 Å². The lowest BCUT2D eigenvalue weighted by Crippen LogP contribution is -2.26. The molecule has 0 saturated heterocycles. The molecule has 28 heavy (non-hydrogen) atoms. The van der Waals surface area contributed by atoms with Gasteiger partial charge in [0.05, 0.1) is 31.1 Å². The molecule has 4 rings (SSSR count). The largest absolute Gasteiger partial charge is 0.497 e. The molecule has 0 amide bonds. The third-order valence-electron chi connectivity index (χ3n) is 4.68. The van der Waals surface area contributed by atoms with E-state index >= 15 is 0 Å². The molecule has 2 N–H and O–H groups in total. The highest BCUT2D eigenvalue weighted by Gasteiger charge is 2.36. The molecule has 3 aromatic rings. The Morgan fingerprint density at radius 1 is 1.11 bits per heavy atom. The topological polar surface area (TPSA) is 108 Å². The van der Waals surface area contributed by atoms with Crippen molar-refractivity contribution in [2.24, 2.45) is 5.73 Å². The second kappa shape index (κ2) is 6.67. The molecule has 0 saturated carbocycles. The molecule has 0 radical (unpaired) electrons. The summed E-state index contributed by atoms with van der Waals surface area (Å²) in [6.45, 7) is 0. The number of allylic oxidation sites excluding steroid dienone is 1. The zero-order valence-corrected chi connectivity index (χ0v) is 15.2. The monoisotopic (exact) mass is 376 g/mol. The molecule has 0 aliphatic carbocycles. The Balaban J connectivity index is 2.07. The number of benzene rings is 2. The van der Waals surface area contributed by atoms with Crippen molar-refractivity contribution in [1.82, 2.24) is 0 Å². The Morgan fingerprint density at radius 3 is 2.43 bits per heavy atom. The lowest BCUT2D eigenvalue weighted by atomic mass is 9.83. The second-order valence-electron chi connectivity index (χ2n) is 6.20. The maximum absolute atomic E-state index is 12.9. The zero-order valence-electron chi connectivity index (χ0n) is 15.2. The lowest BCUT2D eigenvalue weighted by Gasteiger charge is -2.26. The average molecular weight is 376 g/mol. The van der Waals surface area contributed by atoms with Crippen LogP contribution in [0.1, 0.15) is 17.0 Å². The summed E-state index contributed by atoms with van der Waals surface area (Å²) in [5, 5.41) is 10.3. The molecule has 140 valence electrons. The quantitative estimate of drug-likeness (QED) is 0.700. The third-order valence-corrected chi connectivity index (χ3v) is 4.68. The number of hydrogen-bond acceptors (Lipinski definition) is 7. The van der Waals surface area contributed by atoms with Crippen LogP contribution in [0.4, 0.5) is 0 Å². The Bertz CT molecular complexity index is 1200. The minimum Gasteiger partial charge on any atom is -0.497 e. The molecule has 7 heteroatoms. The van der Waals surface area contributed by atoms with Gasteiger partial charge >= 0.3 is 5.63 Å². The predicted octanol–water partition coefficient (Wildman–Crippen LogP) is 3.03. The summed E-state index contributed by atoms with van der Waals surface area (Å²) in [4.78, 5) is 12.9. The number of ether oxygens (including phenoxy) is 3. The number of nitriles is 1. The first-order chi connectivity index (χ1) is 13.6. The number of fused-ring (bicyclic) bond motifs is 3. The van der Waals surface area contributed by atoms with Crippen molar-refractivity contribution < 1.29 is 18.6 Å². The second-order valence-corrected chi connectivity index (χ2v) is 6.20. The van der Waals surface area contributed by atoms with Crippen molar-refractivity contribution >= 4 is 11.0 Å². The van der Waals surface area contributed by atoms with Gasteiger partial charge in [-0.2, -0.15) is 5.26 Å². The molecule has 7 nitrogen and oxygen atoms in total. The fourth-order valence-electron chi connectivity index (χ4n) is 3.40. The van der Waals surface area contributed by atoms with E-state index < -0.39 is 11.5 Å². The van der Waals surface area contributed by atoms with Gasteiger partial charge in [-0.25, -0.2) is 4.79 Å². The summed E-state index contributed by atoms with van der Waals surface area (Å²) >= 11 is 0. The van der Waals surface area contributed by atoms with Crippen LogP contribution in [-0.2, 0) is 0 Å². The van der Waals surface area contributed by atoms with E-state index in [4.69, 9.17) is 24.4 Å². The van der Waals surface area contributed by atoms with E-state index in [0.29, 0.717) is 28.0 Å². The Hall–Kier alpha value is -3.92. The van der Waals surface area contributed by atoms with Gasteiger partial charge in [0.25, 0.3) is 0 Å². The minimum absolute atomic E-state index is 0.0578. The Kier molecular flexibility index (Phi) is 4.17. The van der Waals surface area contributed by atoms with E-state index in [1.165, 1.54) is 14.2 Å². The highest BCUT2D eigenvalue weighted by atomic mass is 16.5. The fraction of sp³-hybridized carbons (Fsp3) is 0.143. The molecule has 0 fully saturated rings. The van der Waals surface area contributed by atoms with Gasteiger partial charge < -0.3 is 24.4 Å². The Labute approximate surface area is 160 Å². The van der Waals surface area contributed by atoms with Crippen molar-refractivity contribution in [3.8, 4) is 23.3 Å². The number of rotatable bonds is 3. The van der Waals surface area contributed by atoms with Crippen LogP contribution in [-0.4, -0.2) is 14.2 Å². The summed E-state index contributed by atoms with van der Waals surface area (Å²) < 4.78 is 21.8. The van der Waals surface area contributed by atoms with Crippen molar-refractivity contribution in [2.75, 3.05) is 14.2 Å². The molecule has 0 bridgehead atoms. The van der Waals surface area contributed by atoms with E-state index in [0.717, 1.165) is 0 Å². The predicted molar refractivity (Wildman–Crippen MR) is 101 cm³/mol. The summed E-state index contributed by atoms with van der Waals surface area (Å²) in [5.74, 6) is 0.484. The van der Waals surface area contributed by atoms with Gasteiger partial charge in [0.2, 0.25) is 5.88 Å². The van der Waals surface area contributed by atoms with Crippen molar-refractivity contribution in [1.29, 1.82) is 5.26 Å². The molecule has 0 spiro atoms. The van der Waals surface area contributed by atoms with Crippen LogP contribution < -0.4 is 25.6 Å². The lowest BCUT2D eigenvalue weighted by molar-refractivity contribution is 0.384. The number of nitrogens with two attached hydrogens (primary N) is 1. The average Bonchev–Trinajstić information content (AvgIpc) is 2.72. The van der Waals surface area contributed by atoms with Gasteiger partial charge in [0.15, 0.2) is 5.75 Å². The summed E-state index contributed by atoms with van der Waals surface area (Å²) in [5.41, 5.74) is 6.76. The molecule has 1 atom stereocenters. The highest BCUT2D eigenvalue weighted by Crippen LogP contribution is 2.44. The van der Waals surface area contributed by atoms with Gasteiger partial charge in [0, 0.05) is 6.07 Å². The number of methoxy groups -OCH3 is 2. The summed E-state index contributed by atoms with van der Waals surface area (Å²) in [6.07, 6.45) is 0. The SMILES string of the molecule is COc1cc(OC)cc([C@H]2C(C#N)=C(N)Oc3c2c(=O)oc2ccccc32)c1. The van der Waals surface area contributed by atoms with Crippen molar-refractivity contribution in [2.45, 2.75) is 5.92 Å². The van der Waals surface area contributed by atoms with Crippen LogP contribution in [0, 0.1) is 11.3 Å². The Morgan fingerprint density at radius 2 is 1.79 bits per heavy atom. The van der Waals surface area contributed by atoms with Crippen LogP contribution in [0.25, 0.3) is 11.0 Å². The normalized spacial score (nSPS) is 15.5. The molecule has 1 aliphatic rings. The number of hydrogen-bond donors (Lipinski definition) is 1. The van der Waals surface area contributed by atoms with Crippen molar-refractivity contribution in [3.05, 3.63) is 75.5 Å². The molecule has 1 aliphatic heterocycles. The van der Waals surface area contributed by atoms with Gasteiger partial charge in [-0.1, -0.05) is 12.1 Å². The summed E-state index contributed by atoms with van der Waals surface area (Å²) in [7, 11) is 3.04. The van der Waals surface area contributed by atoms with Gasteiger partial charge in [-0.05, 0) is 29.8 Å². The van der Waals surface area contributed by atoms with Crippen LogP contribution in [0.5, 0.6) is 17.2 Å². The smallest absolute Gasteiger partial charge is 0.344 e. The molecule has 0 unspecified atom stereocenters. The van der Waals surface area contributed by atoms with Crippen LogP contribution >= 0.6 is 0 Å².